The van der Waals surface area contributed by atoms with E-state index in [4.69, 9.17) is 9.47 Å². The van der Waals surface area contributed by atoms with E-state index in [9.17, 15) is 13.2 Å². The summed E-state index contributed by atoms with van der Waals surface area (Å²) in [5.74, 6) is 1.19. The lowest BCUT2D eigenvalue weighted by molar-refractivity contribution is -0.230. The summed E-state index contributed by atoms with van der Waals surface area (Å²) < 4.78 is 40.9. The van der Waals surface area contributed by atoms with Crippen LogP contribution in [0.5, 0.6) is 5.75 Å². The molecule has 1 N–H and O–H groups in total. The molecule has 2 amide bonds. The van der Waals surface area contributed by atoms with Crippen molar-refractivity contribution < 1.29 is 27.5 Å². The van der Waals surface area contributed by atoms with Crippen molar-refractivity contribution in [1.82, 2.24) is 23.7 Å². The van der Waals surface area contributed by atoms with Crippen molar-refractivity contribution in [3.8, 4) is 5.75 Å². The number of piperidine rings is 2. The average Bonchev–Trinajstić information content (AvgIpc) is 4.07. The number of hydrogen-bond donors (Lipinski definition) is 1. The van der Waals surface area contributed by atoms with E-state index in [-0.39, 0.29) is 17.9 Å². The Morgan fingerprint density at radius 2 is 1.77 bits per heavy atom. The minimum Gasteiger partial charge on any atom is -0.497 e. The molecule has 0 bridgehead atoms. The predicted octanol–water partition coefficient (Wildman–Crippen LogP) is 4.74. The summed E-state index contributed by atoms with van der Waals surface area (Å²) in [6, 6.07) is 7.14. The van der Waals surface area contributed by atoms with Crippen molar-refractivity contribution in [2.24, 2.45) is 22.7 Å². The quantitative estimate of drug-likeness (QED) is 0.399. The molecule has 12 heteroatoms. The first-order chi connectivity index (χ1) is 25.4. The van der Waals surface area contributed by atoms with Gasteiger partial charge in [-0.3, -0.25) is 14.5 Å². The van der Waals surface area contributed by atoms with Crippen LogP contribution in [0, 0.1) is 22.7 Å². The third kappa shape index (κ3) is 4.77. The SMILES string of the molecule is COc1ccc2c(c1)C1CC1(C(=O)N1C3CC(N4CCCCC4)C3C13CO3)CN1C3=CC(C(=O)NS(=O)(=O)N(C)C)=CCC3(C)C(C3CCCCC3)=C21. The van der Waals surface area contributed by atoms with E-state index in [1.807, 2.05) is 18.2 Å². The fourth-order valence-electron chi connectivity index (χ4n) is 11.9. The number of nitrogens with one attached hydrogen (secondary N) is 1. The highest BCUT2D eigenvalue weighted by molar-refractivity contribution is 7.87. The summed E-state index contributed by atoms with van der Waals surface area (Å²) in [7, 11) is 0.546. The van der Waals surface area contributed by atoms with E-state index in [0.29, 0.717) is 43.0 Å². The maximum atomic E-state index is 15.4. The number of carbonyl (C=O) groups excluding carboxylic acids is 2. The van der Waals surface area contributed by atoms with Gasteiger partial charge in [0.15, 0.2) is 5.72 Å². The molecular weight excluding hydrogens is 691 g/mol. The van der Waals surface area contributed by atoms with Crippen LogP contribution >= 0.6 is 0 Å². The van der Waals surface area contributed by atoms with E-state index in [1.54, 1.807) is 7.11 Å². The van der Waals surface area contributed by atoms with Crippen LogP contribution in [0.25, 0.3) is 5.70 Å². The van der Waals surface area contributed by atoms with Gasteiger partial charge in [-0.15, -0.1) is 0 Å². The molecule has 0 aromatic heterocycles. The first kappa shape index (κ1) is 34.3. The van der Waals surface area contributed by atoms with E-state index in [1.165, 1.54) is 69.5 Å². The number of carbonyl (C=O) groups is 2. The van der Waals surface area contributed by atoms with Gasteiger partial charge < -0.3 is 19.3 Å². The van der Waals surface area contributed by atoms with Gasteiger partial charge in [0.2, 0.25) is 5.91 Å². The Morgan fingerprint density at radius 3 is 2.47 bits per heavy atom. The molecule has 5 heterocycles. The molecule has 1 spiro atoms. The zero-order valence-corrected chi connectivity index (χ0v) is 32.3. The van der Waals surface area contributed by atoms with Gasteiger partial charge in [-0.1, -0.05) is 31.8 Å². The molecule has 1 aromatic carbocycles. The number of likely N-dealkylation sites (tertiary alicyclic amines) is 2. The molecule has 7 atom stereocenters. The minimum absolute atomic E-state index is 0.0395. The molecule has 11 nitrogen and oxygen atoms in total. The highest BCUT2D eigenvalue weighted by Gasteiger charge is 2.81. The smallest absolute Gasteiger partial charge is 0.303 e. The van der Waals surface area contributed by atoms with Crippen LogP contribution in [0.1, 0.15) is 94.6 Å². The highest BCUT2D eigenvalue weighted by Crippen LogP contribution is 2.72. The molecule has 3 saturated carbocycles. The molecule has 3 saturated heterocycles. The summed E-state index contributed by atoms with van der Waals surface area (Å²) in [4.78, 5) is 36.2. The van der Waals surface area contributed by atoms with Gasteiger partial charge >= 0.3 is 10.2 Å². The Morgan fingerprint density at radius 1 is 1.04 bits per heavy atom. The predicted molar refractivity (Wildman–Crippen MR) is 199 cm³/mol. The van der Waals surface area contributed by atoms with E-state index < -0.39 is 32.7 Å². The highest BCUT2D eigenvalue weighted by atomic mass is 32.2. The molecule has 7 unspecified atom stereocenters. The second-order valence-electron chi connectivity index (χ2n) is 17.8. The normalized spacial score (nSPS) is 37.2. The van der Waals surface area contributed by atoms with Crippen LogP contribution in [0.2, 0.25) is 0 Å². The number of ether oxygens (including phenoxy) is 2. The zero-order chi connectivity index (χ0) is 36.7. The van der Waals surface area contributed by atoms with Crippen LogP contribution in [0.3, 0.4) is 0 Å². The van der Waals surface area contributed by atoms with E-state index >= 15 is 4.79 Å². The fourth-order valence-corrected chi connectivity index (χ4v) is 12.5. The summed E-state index contributed by atoms with van der Waals surface area (Å²) in [6.45, 7) is 5.75. The molecule has 53 heavy (non-hydrogen) atoms. The molecule has 6 fully saturated rings. The van der Waals surface area contributed by atoms with Crippen molar-refractivity contribution in [2.45, 2.75) is 101 Å². The second-order valence-corrected chi connectivity index (χ2v) is 19.7. The van der Waals surface area contributed by atoms with Crippen LogP contribution in [0.15, 0.2) is 47.2 Å². The Hall–Kier alpha value is -3.19. The van der Waals surface area contributed by atoms with Gasteiger partial charge in [0.05, 0.1) is 19.1 Å². The molecule has 4 aliphatic carbocycles. The standard InChI is InChI=1S/C41H53N5O6S/c1-39-16-15-26(37(47)42-53(49,50)43(2)3)19-33(39)45-23-40(38(48)46-32-21-31(35(32)41(46)24-52-41)44-17-9-6-10-18-44)22-30(40)29-20-27(51-4)13-14-28(29)36(45)34(39)25-11-7-5-8-12-25/h13-15,19-20,25,30-32,35H,5-12,16-18,21-24H2,1-4H3,(H,42,47). The molecule has 1 aromatic rings. The minimum atomic E-state index is -3.97. The van der Waals surface area contributed by atoms with Gasteiger partial charge in [-0.05, 0) is 106 Å². The summed E-state index contributed by atoms with van der Waals surface area (Å²) in [5, 5.41) is 0. The van der Waals surface area contributed by atoms with Gasteiger partial charge in [0, 0.05) is 72.5 Å². The summed E-state index contributed by atoms with van der Waals surface area (Å²) >= 11 is 0. The Labute approximate surface area is 313 Å². The van der Waals surface area contributed by atoms with E-state index in [0.717, 1.165) is 60.1 Å². The van der Waals surface area contributed by atoms with Gasteiger partial charge in [-0.25, -0.2) is 4.72 Å². The van der Waals surface area contributed by atoms with Crippen LogP contribution in [0.4, 0.5) is 0 Å². The third-order valence-electron chi connectivity index (χ3n) is 14.9. The van der Waals surface area contributed by atoms with Gasteiger partial charge in [-0.2, -0.15) is 12.7 Å². The van der Waals surface area contributed by atoms with Crippen molar-refractivity contribution >= 4 is 27.7 Å². The second kappa shape index (κ2) is 11.7. The molecule has 10 rings (SSSR count). The molecule has 5 aliphatic heterocycles. The molecule has 284 valence electrons. The van der Waals surface area contributed by atoms with Crippen molar-refractivity contribution in [2.75, 3.05) is 47.4 Å². The topological polar surface area (TPSA) is 115 Å². The average molecular weight is 744 g/mol. The number of benzene rings is 1. The summed E-state index contributed by atoms with van der Waals surface area (Å²) in [6.07, 6.45) is 15.8. The number of allylic oxidation sites excluding steroid dienone is 2. The number of nitrogens with zero attached hydrogens (tertiary/aromatic N) is 4. The number of hydrogen-bond acceptors (Lipinski definition) is 8. The molecule has 0 radical (unpaired) electrons. The lowest BCUT2D eigenvalue weighted by Crippen LogP contribution is -2.81. The number of fused-ring (bicyclic) bond motifs is 9. The van der Waals surface area contributed by atoms with Crippen LogP contribution in [-0.4, -0.2) is 104 Å². The molecule has 9 aliphatic rings. The number of epoxide rings is 1. The Balaban J connectivity index is 1.06. The van der Waals surface area contributed by atoms with Gasteiger partial charge in [0.25, 0.3) is 5.91 Å². The maximum absolute atomic E-state index is 15.4. The van der Waals surface area contributed by atoms with Crippen LogP contribution in [-0.2, 0) is 24.5 Å². The largest absolute Gasteiger partial charge is 0.497 e. The number of rotatable bonds is 7. The number of amides is 2. The van der Waals surface area contributed by atoms with Crippen LogP contribution < -0.4 is 9.46 Å². The Kier molecular flexibility index (Phi) is 7.55. The third-order valence-corrected chi connectivity index (χ3v) is 16.3. The number of methoxy groups -OCH3 is 1. The first-order valence-electron chi connectivity index (χ1n) is 20.0. The maximum Gasteiger partial charge on any atom is 0.303 e. The monoisotopic (exact) mass is 743 g/mol. The van der Waals surface area contributed by atoms with E-state index in [2.05, 4.69) is 38.5 Å². The zero-order valence-electron chi connectivity index (χ0n) is 31.5. The van der Waals surface area contributed by atoms with Gasteiger partial charge in [0.1, 0.15) is 5.75 Å². The fraction of sp³-hybridized carbons (Fsp3) is 0.659. The first-order valence-corrected chi connectivity index (χ1v) is 21.5. The lowest BCUT2D eigenvalue weighted by atomic mass is 9.60. The van der Waals surface area contributed by atoms with Crippen molar-refractivity contribution in [3.05, 3.63) is 58.3 Å². The summed E-state index contributed by atoms with van der Waals surface area (Å²) in [5.41, 5.74) is 4.76. The Bertz CT molecular complexity index is 1990. The van der Waals surface area contributed by atoms with Crippen molar-refractivity contribution in [1.29, 1.82) is 0 Å². The lowest BCUT2D eigenvalue weighted by Gasteiger charge is -2.67. The molecular formula is C41H53N5O6S. The van der Waals surface area contributed by atoms with Crippen molar-refractivity contribution in [3.63, 3.8) is 0 Å².